The van der Waals surface area contributed by atoms with E-state index in [-0.39, 0.29) is 0 Å². The van der Waals surface area contributed by atoms with E-state index < -0.39 is 18.6 Å². The standard InChI is InChI=1S/C31H28NO.3C30H26NO/c1-19(2)17-21-9-11-26-23(18-21)15-16-32(4)30(26)24-12-13-27-29-25-8-6-5-7-22(25)10-14-28(29)33-31(27)20(24)3;3*1-18(2)21-9-11-25-22(17-21)15-16-31(4)29(25)23-12-13-26-28-24-8-6-5-7-20(24)10-14-27(28)32-30(26)19(23)3/h5-16,18-19H,17H2,1-4H3;3*5-18H,1-4H3/q4*+1/i;1D3,18D;18D;. The van der Waals surface area contributed by atoms with Gasteiger partial charge in [0.25, 0.3) is 0 Å². The van der Waals surface area contributed by atoms with Crippen molar-refractivity contribution in [2.24, 2.45) is 34.1 Å². The largest absolute Gasteiger partial charge is 0.456 e. The van der Waals surface area contributed by atoms with E-state index in [0.29, 0.717) is 17.4 Å². The fraction of sp³-hybridized carbons (Fsp3) is 0.174. The van der Waals surface area contributed by atoms with Gasteiger partial charge in [0.1, 0.15) is 72.9 Å². The van der Waals surface area contributed by atoms with Crippen molar-refractivity contribution >= 4 is 174 Å². The van der Waals surface area contributed by atoms with Gasteiger partial charge in [-0.2, -0.15) is 0 Å². The Morgan fingerprint density at radius 1 is 0.264 bits per heavy atom. The van der Waals surface area contributed by atoms with E-state index in [1.165, 1.54) is 149 Å². The SMILES string of the molecule is Cc1c(-c2c3ccc(C(C)C)cc3cc[n+]2C)ccc2c1oc1ccc3ccccc3c12.Cc1c(-c2c3ccc(CC(C)C)cc3cc[n+]2C)ccc2c1oc1ccc3ccccc3c12.[2H]C(C)(C)c1ccc2c(-c3ccc4c(oc5ccc6ccccc6c54)c3C)[n+](C)ccc2c1.[2H]C([2H])([2H])C([2H])(C)c1ccc2c(-c3ccc4c(oc5ccc6ccccc6c54)c3C)[n+](C)ccc2c1. The lowest BCUT2D eigenvalue weighted by molar-refractivity contribution is -0.659. The second kappa shape index (κ2) is 32.4. The van der Waals surface area contributed by atoms with Gasteiger partial charge < -0.3 is 17.7 Å². The van der Waals surface area contributed by atoms with Crippen molar-refractivity contribution in [2.75, 3.05) is 0 Å². The van der Waals surface area contributed by atoms with E-state index in [4.69, 9.17) is 24.5 Å². The van der Waals surface area contributed by atoms with Gasteiger partial charge in [-0.3, -0.25) is 0 Å². The Balaban J connectivity index is 0.000000107. The van der Waals surface area contributed by atoms with Crippen LogP contribution in [0.15, 0.2) is 334 Å². The summed E-state index contributed by atoms with van der Waals surface area (Å²) < 4.78 is 74.9. The number of fused-ring (bicyclic) bond motifs is 24. The summed E-state index contributed by atoms with van der Waals surface area (Å²) in [5.41, 5.74) is 25.6. The third-order valence-electron chi connectivity index (χ3n) is 27.1. The zero-order valence-corrected chi connectivity index (χ0v) is 75.8. The lowest BCUT2D eigenvalue weighted by Gasteiger charge is -2.11. The van der Waals surface area contributed by atoms with Crippen molar-refractivity contribution < 1.29 is 42.8 Å². The molecule has 8 heteroatoms. The molecule has 0 amide bonds. The first-order valence-electron chi connectivity index (χ1n) is 47.5. The number of nitrogens with zero attached hydrogens (tertiary/aromatic N) is 4. The Morgan fingerprint density at radius 3 is 0.829 bits per heavy atom. The zero-order chi connectivity index (χ0) is 93.0. The fourth-order valence-corrected chi connectivity index (χ4v) is 20.4. The van der Waals surface area contributed by atoms with Crippen LogP contribution in [0.25, 0.3) is 219 Å². The number of hydrogen-bond acceptors (Lipinski definition) is 4. The van der Waals surface area contributed by atoms with Crippen LogP contribution in [-0.4, -0.2) is 0 Å². The number of benzene rings is 16. The van der Waals surface area contributed by atoms with Gasteiger partial charge in [-0.1, -0.05) is 225 Å². The van der Waals surface area contributed by atoms with Crippen LogP contribution >= 0.6 is 0 Å². The topological polar surface area (TPSA) is 68.1 Å². The van der Waals surface area contributed by atoms with Gasteiger partial charge >= 0.3 is 0 Å². The van der Waals surface area contributed by atoms with Crippen LogP contribution in [0.4, 0.5) is 0 Å². The summed E-state index contributed by atoms with van der Waals surface area (Å²) in [6, 6.07) is 103. The molecule has 1 unspecified atom stereocenters. The van der Waals surface area contributed by atoms with Crippen molar-refractivity contribution in [2.45, 2.75) is 107 Å². The molecule has 0 fully saturated rings. The maximum Gasteiger partial charge on any atom is 0.220 e. The van der Waals surface area contributed by atoms with Crippen molar-refractivity contribution in [3.8, 4) is 45.0 Å². The Labute approximate surface area is 758 Å². The molecule has 8 nitrogen and oxygen atoms in total. The molecule has 129 heavy (non-hydrogen) atoms. The number of rotatable bonds is 9. The molecule has 8 heterocycles. The maximum absolute atomic E-state index is 8.51. The van der Waals surface area contributed by atoms with Gasteiger partial charge in [-0.15, -0.1) is 0 Å². The molecule has 24 aromatic rings. The van der Waals surface area contributed by atoms with Crippen molar-refractivity contribution in [1.29, 1.82) is 0 Å². The van der Waals surface area contributed by atoms with Crippen LogP contribution < -0.4 is 18.3 Å². The summed E-state index contributed by atoms with van der Waals surface area (Å²) in [5.74, 6) is -1.15. The Hall–Kier alpha value is -14.6. The van der Waals surface area contributed by atoms with Crippen LogP contribution in [0.5, 0.6) is 0 Å². The molecular weight excluding hydrogens is 1570 g/mol. The number of pyridine rings is 4. The molecular formula is C121H106N4O4+4. The molecule has 8 aromatic heterocycles. The van der Waals surface area contributed by atoms with Gasteiger partial charge in [-0.05, 0) is 242 Å². The van der Waals surface area contributed by atoms with Gasteiger partial charge in [0.2, 0.25) is 22.8 Å². The first kappa shape index (κ1) is 75.7. The molecule has 0 aliphatic carbocycles. The molecule has 0 bridgehead atoms. The fourth-order valence-electron chi connectivity index (χ4n) is 20.4. The molecule has 0 saturated carbocycles. The number of hydrogen-bond donors (Lipinski definition) is 0. The predicted molar refractivity (Wildman–Crippen MR) is 541 cm³/mol. The van der Waals surface area contributed by atoms with Crippen LogP contribution in [0.1, 0.15) is 124 Å². The van der Waals surface area contributed by atoms with Gasteiger partial charge in [0, 0.05) is 96.5 Å². The van der Waals surface area contributed by atoms with Crippen molar-refractivity contribution in [1.82, 2.24) is 0 Å². The van der Waals surface area contributed by atoms with Crippen LogP contribution in [0.3, 0.4) is 0 Å². The van der Waals surface area contributed by atoms with E-state index in [9.17, 15) is 0 Å². The lowest BCUT2D eigenvalue weighted by atomic mass is 9.94. The molecule has 0 aliphatic rings. The summed E-state index contributed by atoms with van der Waals surface area (Å²) in [6.45, 7) is 20.5. The monoisotopic (exact) mass is 1680 g/mol. The number of aromatic nitrogens is 4. The van der Waals surface area contributed by atoms with Crippen LogP contribution in [-0.2, 0) is 34.6 Å². The average molecular weight is 1690 g/mol. The minimum Gasteiger partial charge on any atom is -0.456 e. The third-order valence-corrected chi connectivity index (χ3v) is 27.1. The Bertz CT molecular complexity index is 8980. The minimum absolute atomic E-state index is 0.478. The highest BCUT2D eigenvalue weighted by Gasteiger charge is 2.29. The first-order valence-corrected chi connectivity index (χ1v) is 45.0. The van der Waals surface area contributed by atoms with E-state index >= 15 is 0 Å². The molecule has 0 saturated heterocycles. The molecule has 16 aromatic carbocycles. The Morgan fingerprint density at radius 2 is 0.535 bits per heavy atom. The lowest BCUT2D eigenvalue weighted by Crippen LogP contribution is -2.30. The summed E-state index contributed by atoms with van der Waals surface area (Å²) >= 11 is 0. The smallest absolute Gasteiger partial charge is 0.220 e. The highest BCUT2D eigenvalue weighted by atomic mass is 16.3. The first-order chi connectivity index (χ1) is 64.4. The second-order valence-electron chi connectivity index (χ2n) is 36.4. The van der Waals surface area contributed by atoms with Crippen molar-refractivity contribution in [3.05, 3.63) is 360 Å². The van der Waals surface area contributed by atoms with E-state index in [1.807, 2.05) is 57.4 Å². The minimum atomic E-state index is -2.42. The summed E-state index contributed by atoms with van der Waals surface area (Å²) in [5, 5.41) is 28.5. The van der Waals surface area contributed by atoms with E-state index in [0.717, 1.165) is 123 Å². The van der Waals surface area contributed by atoms with Crippen molar-refractivity contribution in [3.63, 3.8) is 0 Å². The quantitative estimate of drug-likeness (QED) is 0.135. The van der Waals surface area contributed by atoms with Gasteiger partial charge in [0.15, 0.2) is 24.8 Å². The van der Waals surface area contributed by atoms with Crippen LogP contribution in [0, 0.1) is 33.6 Å². The van der Waals surface area contributed by atoms with E-state index in [2.05, 4.69) is 368 Å². The highest BCUT2D eigenvalue weighted by molar-refractivity contribution is 6.24. The molecule has 0 aliphatic heterocycles. The van der Waals surface area contributed by atoms with Gasteiger partial charge in [0.05, 0.1) is 43.8 Å². The molecule has 630 valence electrons. The average Bonchev–Trinajstić information content (AvgIpc) is 1.77. The summed E-state index contributed by atoms with van der Waals surface area (Å²) in [4.78, 5) is 0. The molecule has 24 rings (SSSR count). The third kappa shape index (κ3) is 14.0. The predicted octanol–water partition coefficient (Wildman–Crippen LogP) is 31.3. The Kier molecular flexibility index (Phi) is 19.0. The van der Waals surface area contributed by atoms with Crippen LogP contribution in [0.2, 0.25) is 0 Å². The summed E-state index contributed by atoms with van der Waals surface area (Å²) in [6.07, 6.45) is 9.52. The normalized spacial score (nSPS) is 13.2. The number of aryl methyl sites for hydroxylation is 8. The van der Waals surface area contributed by atoms with Gasteiger partial charge in [-0.25, -0.2) is 18.3 Å². The number of furan rings is 4. The molecule has 0 radical (unpaired) electrons. The van der Waals surface area contributed by atoms with E-state index in [1.54, 1.807) is 6.07 Å². The summed E-state index contributed by atoms with van der Waals surface area (Å²) in [7, 11) is 8.36. The molecule has 0 spiro atoms. The molecule has 1 atom stereocenters. The second-order valence-corrected chi connectivity index (χ2v) is 36.4. The zero-order valence-electron chi connectivity index (χ0n) is 80.8. The molecule has 0 N–H and O–H groups in total. The maximum atomic E-state index is 8.51. The highest BCUT2D eigenvalue weighted by Crippen LogP contribution is 2.47.